The summed E-state index contributed by atoms with van der Waals surface area (Å²) in [6.45, 7) is -1.32. The molecule has 20 nitrogen and oxygen atoms in total. The standard InChI is InChI=1S/C39H64O20/c1-51-23-10-17(5-6-20(23)42)36-26(13-19-21(43)11-18(41)12-22(19)55-36)56-39-35(50)33(48)37(28(58-39)15-54-38-34(49)32(47)31(46)27(14-40)57-38)59-29(44)7-4-16-8-24(52-2)30(45)25(9-16)53-3/h4,7,16-28,30-43,45-50H,5-6,8-15H2,1-3H3/t16?,17?,18?,19?,20?,21?,22?,23?,24?,25?,26?,27-,28+,30?,31+,32-,33+,34+,35+,36?,37-,38-,39-/m0/s1. The van der Waals surface area contributed by atoms with E-state index in [1.165, 1.54) is 21.3 Å². The molecule has 0 bridgehead atoms. The minimum absolute atomic E-state index is 0.131. The zero-order valence-electron chi connectivity index (χ0n) is 33.6. The van der Waals surface area contributed by atoms with Crippen molar-refractivity contribution in [3.05, 3.63) is 12.2 Å². The molecule has 6 aliphatic rings. The van der Waals surface area contributed by atoms with Gasteiger partial charge in [-0.3, -0.25) is 0 Å². The van der Waals surface area contributed by atoms with Crippen molar-refractivity contribution < 1.29 is 98.5 Å². The lowest BCUT2D eigenvalue weighted by Crippen LogP contribution is -2.64. The zero-order chi connectivity index (χ0) is 42.7. The van der Waals surface area contributed by atoms with Gasteiger partial charge in [0, 0.05) is 33.3 Å². The molecule has 3 heterocycles. The van der Waals surface area contributed by atoms with E-state index in [2.05, 4.69) is 0 Å². The summed E-state index contributed by atoms with van der Waals surface area (Å²) in [5, 5.41) is 107. The Labute approximate surface area is 342 Å². The molecule has 20 heteroatoms. The number of esters is 1. The van der Waals surface area contributed by atoms with Crippen molar-refractivity contribution in [3.63, 3.8) is 0 Å². The Morgan fingerprint density at radius 1 is 0.644 bits per heavy atom. The van der Waals surface area contributed by atoms with E-state index in [4.69, 9.17) is 42.6 Å². The van der Waals surface area contributed by atoms with Gasteiger partial charge in [0.25, 0.3) is 0 Å². The third-order valence-corrected chi connectivity index (χ3v) is 13.2. The molecule has 3 aliphatic heterocycles. The molecule has 0 aromatic heterocycles. The van der Waals surface area contributed by atoms with Crippen molar-refractivity contribution in [3.8, 4) is 0 Å². The number of hydrogen-bond acceptors (Lipinski definition) is 20. The monoisotopic (exact) mass is 852 g/mol. The Morgan fingerprint density at radius 2 is 1.31 bits per heavy atom. The van der Waals surface area contributed by atoms with Crippen LogP contribution in [0.2, 0.25) is 0 Å². The molecule has 3 saturated heterocycles. The first-order valence-corrected chi connectivity index (χ1v) is 20.6. The number of hydrogen-bond donors (Lipinski definition) is 10. The number of carbonyl (C=O) groups is 1. The Hall–Kier alpha value is -1.51. The van der Waals surface area contributed by atoms with Crippen molar-refractivity contribution in [2.75, 3.05) is 34.5 Å². The first kappa shape index (κ1) is 47.0. The maximum Gasteiger partial charge on any atom is 0.330 e. The molecular formula is C39H64O20. The number of allylic oxidation sites excluding steroid dienone is 1. The number of methoxy groups -OCH3 is 3. The fraction of sp³-hybridized carbons (Fsp3) is 0.923. The van der Waals surface area contributed by atoms with Gasteiger partial charge in [-0.1, -0.05) is 6.08 Å². The second-order valence-corrected chi connectivity index (χ2v) is 16.9. The maximum absolute atomic E-state index is 13.3. The Bertz CT molecular complexity index is 1340. The van der Waals surface area contributed by atoms with E-state index in [0.717, 1.165) is 6.08 Å². The Balaban J connectivity index is 1.21. The second-order valence-electron chi connectivity index (χ2n) is 16.9. The summed E-state index contributed by atoms with van der Waals surface area (Å²) in [5.74, 6) is -1.85. The van der Waals surface area contributed by atoms with Gasteiger partial charge >= 0.3 is 5.97 Å². The van der Waals surface area contributed by atoms with Crippen LogP contribution in [-0.2, 0) is 47.4 Å². The predicted molar refractivity (Wildman–Crippen MR) is 197 cm³/mol. The molecule has 0 aromatic carbocycles. The molecule has 59 heavy (non-hydrogen) atoms. The highest BCUT2D eigenvalue weighted by molar-refractivity contribution is 5.82. The van der Waals surface area contributed by atoms with Crippen molar-refractivity contribution >= 4 is 5.97 Å². The summed E-state index contributed by atoms with van der Waals surface area (Å²) in [4.78, 5) is 13.3. The fourth-order valence-electron chi connectivity index (χ4n) is 9.73. The lowest BCUT2D eigenvalue weighted by molar-refractivity contribution is -0.347. The van der Waals surface area contributed by atoms with Gasteiger partial charge in [-0.25, -0.2) is 4.79 Å². The van der Waals surface area contributed by atoms with Gasteiger partial charge in [0.1, 0.15) is 48.8 Å². The third kappa shape index (κ3) is 10.7. The van der Waals surface area contributed by atoms with E-state index < -0.39 is 148 Å². The average molecular weight is 853 g/mol. The van der Waals surface area contributed by atoms with Crippen LogP contribution in [-0.4, -0.2) is 214 Å². The van der Waals surface area contributed by atoms with Gasteiger partial charge in [-0.05, 0) is 63.2 Å². The van der Waals surface area contributed by atoms with E-state index >= 15 is 0 Å². The predicted octanol–water partition coefficient (Wildman–Crippen LogP) is -3.63. The highest BCUT2D eigenvalue weighted by atomic mass is 16.7. The minimum atomic E-state index is -1.84. The number of aliphatic hydroxyl groups excluding tert-OH is 10. The topological polar surface area (TPSA) is 302 Å². The summed E-state index contributed by atoms with van der Waals surface area (Å²) >= 11 is 0. The second kappa shape index (κ2) is 20.8. The molecular weight excluding hydrogens is 788 g/mol. The molecule has 0 aromatic rings. The Morgan fingerprint density at radius 3 is 1.97 bits per heavy atom. The first-order valence-electron chi connectivity index (χ1n) is 20.6. The quantitative estimate of drug-likeness (QED) is 0.0632. The lowest BCUT2D eigenvalue weighted by Gasteiger charge is -2.51. The molecule has 340 valence electrons. The Kier molecular flexibility index (Phi) is 16.5. The highest BCUT2D eigenvalue weighted by Gasteiger charge is 2.54. The van der Waals surface area contributed by atoms with Crippen LogP contribution >= 0.6 is 0 Å². The van der Waals surface area contributed by atoms with E-state index in [0.29, 0.717) is 32.1 Å². The molecule has 21 atom stereocenters. The molecule has 6 rings (SSSR count). The van der Waals surface area contributed by atoms with Crippen LogP contribution in [0, 0.1) is 17.8 Å². The number of rotatable bonds is 13. The first-order chi connectivity index (χ1) is 28.2. The molecule has 3 saturated carbocycles. The molecule has 0 radical (unpaired) electrons. The summed E-state index contributed by atoms with van der Waals surface area (Å²) < 4.78 is 52.5. The molecule has 0 spiro atoms. The summed E-state index contributed by atoms with van der Waals surface area (Å²) in [6, 6.07) is 0. The van der Waals surface area contributed by atoms with Crippen molar-refractivity contribution in [1.29, 1.82) is 0 Å². The SMILES string of the molecule is COC1CC(C2OC3CC(O)CC(O)C3CC2O[C@H]2O[C@H](CO[C@H]3O[C@@H](CO)[C@@H](O)[C@H](O)[C@H]3O)[C@H](OC(=O)C=CC3CC(OC)C(O)C(OC)C3)[C@H](O)[C@H]2O)CCC1O. The lowest BCUT2D eigenvalue weighted by atomic mass is 9.72. The van der Waals surface area contributed by atoms with Crippen molar-refractivity contribution in [2.45, 2.75) is 174 Å². The number of carbonyl (C=O) groups excluding carboxylic acids is 1. The van der Waals surface area contributed by atoms with Gasteiger partial charge in [0.05, 0.1) is 68.1 Å². The summed E-state index contributed by atoms with van der Waals surface area (Å²) in [7, 11) is 4.42. The van der Waals surface area contributed by atoms with Crippen LogP contribution in [0.3, 0.4) is 0 Å². The molecule has 6 fully saturated rings. The van der Waals surface area contributed by atoms with Crippen molar-refractivity contribution in [2.24, 2.45) is 17.8 Å². The van der Waals surface area contributed by atoms with Crippen LogP contribution in [0.4, 0.5) is 0 Å². The average Bonchev–Trinajstić information content (AvgIpc) is 3.22. The van der Waals surface area contributed by atoms with Gasteiger partial charge < -0.3 is 93.7 Å². The largest absolute Gasteiger partial charge is 0.453 e. The van der Waals surface area contributed by atoms with Gasteiger partial charge in [-0.15, -0.1) is 0 Å². The minimum Gasteiger partial charge on any atom is -0.453 e. The van der Waals surface area contributed by atoms with Gasteiger partial charge in [-0.2, -0.15) is 0 Å². The van der Waals surface area contributed by atoms with Crippen LogP contribution in [0.25, 0.3) is 0 Å². The third-order valence-electron chi connectivity index (χ3n) is 13.2. The summed E-state index contributed by atoms with van der Waals surface area (Å²) in [5.41, 5.74) is 0. The smallest absolute Gasteiger partial charge is 0.330 e. The highest BCUT2D eigenvalue weighted by Crippen LogP contribution is 2.44. The van der Waals surface area contributed by atoms with Crippen LogP contribution in [0.5, 0.6) is 0 Å². The zero-order valence-corrected chi connectivity index (χ0v) is 33.6. The van der Waals surface area contributed by atoms with Crippen LogP contribution < -0.4 is 0 Å². The normalized spacial score (nSPS) is 49.7. The van der Waals surface area contributed by atoms with E-state index in [1.54, 1.807) is 6.08 Å². The van der Waals surface area contributed by atoms with E-state index in [9.17, 15) is 55.9 Å². The maximum atomic E-state index is 13.3. The van der Waals surface area contributed by atoms with E-state index in [-0.39, 0.29) is 31.1 Å². The fourth-order valence-corrected chi connectivity index (χ4v) is 9.73. The van der Waals surface area contributed by atoms with Crippen LogP contribution in [0.1, 0.15) is 51.4 Å². The van der Waals surface area contributed by atoms with E-state index in [1.807, 2.05) is 0 Å². The number of ether oxygens (including phenoxy) is 9. The summed E-state index contributed by atoms with van der Waals surface area (Å²) in [6.07, 6.45) is -17.8. The van der Waals surface area contributed by atoms with Gasteiger partial charge in [0.15, 0.2) is 18.7 Å². The molecule has 3 aliphatic carbocycles. The molecule has 0 amide bonds. The molecule has 11 unspecified atom stereocenters. The number of fused-ring (bicyclic) bond motifs is 1. The number of aliphatic hydroxyl groups is 10. The molecule has 10 N–H and O–H groups in total. The van der Waals surface area contributed by atoms with Gasteiger partial charge in [0.2, 0.25) is 0 Å². The van der Waals surface area contributed by atoms with Crippen LogP contribution in [0.15, 0.2) is 12.2 Å². The van der Waals surface area contributed by atoms with Crippen molar-refractivity contribution in [1.82, 2.24) is 0 Å².